The first-order valence-electron chi connectivity index (χ1n) is 5.53. The minimum atomic E-state index is -0.978. The monoisotopic (exact) mass is 276 g/mol. The van der Waals surface area contributed by atoms with Gasteiger partial charge in [0, 0.05) is 5.39 Å². The van der Waals surface area contributed by atoms with E-state index in [-0.39, 0.29) is 16.5 Å². The number of benzene rings is 2. The van der Waals surface area contributed by atoms with Gasteiger partial charge in [-0.25, -0.2) is 18.7 Å². The second-order valence-electron chi connectivity index (χ2n) is 3.96. The van der Waals surface area contributed by atoms with Gasteiger partial charge in [0.2, 0.25) is 0 Å². The summed E-state index contributed by atoms with van der Waals surface area (Å²) in [6, 6.07) is 11.0. The van der Waals surface area contributed by atoms with Gasteiger partial charge in [-0.15, -0.1) is 0 Å². The number of nitrogens with zero attached hydrogens (tertiary/aromatic N) is 2. The first kappa shape index (κ1) is 12.0. The van der Waals surface area contributed by atoms with Crippen molar-refractivity contribution in [2.24, 2.45) is 0 Å². The van der Waals surface area contributed by atoms with Gasteiger partial charge in [-0.3, -0.25) is 0 Å². The van der Waals surface area contributed by atoms with Crippen LogP contribution in [0.25, 0.3) is 22.3 Å². The predicted octanol–water partition coefficient (Wildman–Crippen LogP) is 4.23. The van der Waals surface area contributed by atoms with E-state index in [9.17, 15) is 8.78 Å². The Morgan fingerprint density at radius 1 is 0.895 bits per heavy atom. The van der Waals surface area contributed by atoms with Crippen molar-refractivity contribution < 1.29 is 8.78 Å². The molecule has 0 spiro atoms. The van der Waals surface area contributed by atoms with Crippen LogP contribution in [0, 0.1) is 11.6 Å². The summed E-state index contributed by atoms with van der Waals surface area (Å²) in [5, 5.41) is 0.883. The van der Waals surface area contributed by atoms with Crippen LogP contribution in [0.3, 0.4) is 0 Å². The third kappa shape index (κ3) is 2.04. The van der Waals surface area contributed by atoms with E-state index >= 15 is 0 Å². The Bertz CT molecular complexity index is 774. The summed E-state index contributed by atoms with van der Waals surface area (Å²) in [6.07, 6.45) is 0. The third-order valence-corrected chi connectivity index (χ3v) is 3.04. The van der Waals surface area contributed by atoms with Crippen molar-refractivity contribution in [1.29, 1.82) is 0 Å². The Labute approximate surface area is 112 Å². The average Bonchev–Trinajstić information content (AvgIpc) is 2.42. The van der Waals surface area contributed by atoms with Gasteiger partial charge in [0.1, 0.15) is 5.15 Å². The van der Waals surface area contributed by atoms with Crippen molar-refractivity contribution in [1.82, 2.24) is 9.97 Å². The van der Waals surface area contributed by atoms with Gasteiger partial charge in [0.15, 0.2) is 17.5 Å². The van der Waals surface area contributed by atoms with Crippen molar-refractivity contribution in [3.8, 4) is 11.4 Å². The summed E-state index contributed by atoms with van der Waals surface area (Å²) in [5.41, 5.74) is 0.578. The summed E-state index contributed by atoms with van der Waals surface area (Å²) in [6.45, 7) is 0. The normalized spacial score (nSPS) is 10.9. The van der Waals surface area contributed by atoms with Crippen LogP contribution in [0.2, 0.25) is 5.15 Å². The molecule has 19 heavy (non-hydrogen) atoms. The molecule has 0 aliphatic heterocycles. The van der Waals surface area contributed by atoms with E-state index in [4.69, 9.17) is 11.6 Å². The first-order chi connectivity index (χ1) is 9.16. The van der Waals surface area contributed by atoms with Crippen LogP contribution in [-0.2, 0) is 0 Å². The Morgan fingerprint density at radius 3 is 2.53 bits per heavy atom. The maximum Gasteiger partial charge on any atom is 0.169 e. The molecular formula is C14H7ClF2N2. The predicted molar refractivity (Wildman–Crippen MR) is 69.9 cm³/mol. The minimum Gasteiger partial charge on any atom is -0.228 e. The third-order valence-electron chi connectivity index (χ3n) is 2.75. The molecule has 0 bridgehead atoms. The van der Waals surface area contributed by atoms with E-state index < -0.39 is 11.6 Å². The number of hydrogen-bond donors (Lipinski definition) is 0. The highest BCUT2D eigenvalue weighted by molar-refractivity contribution is 6.34. The molecule has 5 heteroatoms. The number of rotatable bonds is 1. The number of para-hydroxylation sites is 1. The molecule has 0 N–H and O–H groups in total. The van der Waals surface area contributed by atoms with Crippen LogP contribution >= 0.6 is 11.6 Å². The lowest BCUT2D eigenvalue weighted by Gasteiger charge is -2.05. The second-order valence-corrected chi connectivity index (χ2v) is 4.31. The molecule has 0 fully saturated rings. The molecule has 0 aliphatic rings. The number of aromatic nitrogens is 2. The summed E-state index contributed by atoms with van der Waals surface area (Å²) in [5.74, 6) is -1.85. The van der Waals surface area contributed by atoms with Gasteiger partial charge in [0.05, 0.1) is 11.1 Å². The Balaban J connectivity index is 2.29. The molecule has 94 valence electrons. The van der Waals surface area contributed by atoms with Crippen molar-refractivity contribution in [2.75, 3.05) is 0 Å². The van der Waals surface area contributed by atoms with Crippen molar-refractivity contribution >= 4 is 22.5 Å². The van der Waals surface area contributed by atoms with Gasteiger partial charge in [-0.05, 0) is 24.3 Å². The zero-order valence-corrected chi connectivity index (χ0v) is 10.3. The van der Waals surface area contributed by atoms with E-state index in [2.05, 4.69) is 9.97 Å². The van der Waals surface area contributed by atoms with Gasteiger partial charge in [-0.2, -0.15) is 0 Å². The molecule has 2 nitrogen and oxygen atoms in total. The quantitative estimate of drug-likeness (QED) is 0.622. The van der Waals surface area contributed by atoms with Gasteiger partial charge in [-0.1, -0.05) is 29.8 Å². The van der Waals surface area contributed by atoms with Crippen molar-refractivity contribution in [3.05, 3.63) is 59.3 Å². The fraction of sp³-hybridized carbons (Fsp3) is 0. The van der Waals surface area contributed by atoms with Crippen LogP contribution < -0.4 is 0 Å². The zero-order valence-electron chi connectivity index (χ0n) is 9.57. The molecule has 0 radical (unpaired) electrons. The fourth-order valence-electron chi connectivity index (χ4n) is 1.83. The van der Waals surface area contributed by atoms with Crippen LogP contribution in [0.1, 0.15) is 0 Å². The van der Waals surface area contributed by atoms with E-state index in [1.165, 1.54) is 12.1 Å². The standard InChI is InChI=1S/C14H7ClF2N2/c15-13-8-4-1-2-7-11(8)18-14(19-13)9-5-3-6-10(16)12(9)17/h1-7H. The topological polar surface area (TPSA) is 25.8 Å². The lowest BCUT2D eigenvalue weighted by atomic mass is 10.1. The maximum absolute atomic E-state index is 13.7. The Morgan fingerprint density at radius 2 is 1.68 bits per heavy atom. The largest absolute Gasteiger partial charge is 0.228 e. The summed E-state index contributed by atoms with van der Waals surface area (Å²) in [7, 11) is 0. The van der Waals surface area contributed by atoms with Crippen molar-refractivity contribution in [3.63, 3.8) is 0 Å². The van der Waals surface area contributed by atoms with E-state index in [1.54, 1.807) is 24.3 Å². The number of fused-ring (bicyclic) bond motifs is 1. The summed E-state index contributed by atoms with van der Waals surface area (Å²) < 4.78 is 26.9. The lowest BCUT2D eigenvalue weighted by molar-refractivity contribution is 0.510. The van der Waals surface area contributed by atoms with Crippen LogP contribution in [0.4, 0.5) is 8.78 Å². The highest BCUT2D eigenvalue weighted by atomic mass is 35.5. The Kier molecular flexibility index (Phi) is 2.87. The molecule has 2 aromatic carbocycles. The molecule has 3 rings (SSSR count). The van der Waals surface area contributed by atoms with Crippen LogP contribution in [0.15, 0.2) is 42.5 Å². The maximum atomic E-state index is 13.7. The molecule has 1 heterocycles. The molecule has 1 aromatic heterocycles. The van der Waals surface area contributed by atoms with Gasteiger partial charge in [0.25, 0.3) is 0 Å². The van der Waals surface area contributed by atoms with Crippen LogP contribution in [-0.4, -0.2) is 9.97 Å². The molecule has 0 saturated carbocycles. The van der Waals surface area contributed by atoms with Gasteiger partial charge < -0.3 is 0 Å². The SMILES string of the molecule is Fc1cccc(-c2nc(Cl)c3ccccc3n2)c1F. The first-order valence-corrected chi connectivity index (χ1v) is 5.91. The van der Waals surface area contributed by atoms with Crippen molar-refractivity contribution in [2.45, 2.75) is 0 Å². The summed E-state index contributed by atoms with van der Waals surface area (Å²) in [4.78, 5) is 8.23. The number of halogens is 3. The average molecular weight is 277 g/mol. The van der Waals surface area contributed by atoms with E-state index in [0.717, 1.165) is 6.07 Å². The lowest BCUT2D eigenvalue weighted by Crippen LogP contribution is -1.96. The van der Waals surface area contributed by atoms with E-state index in [1.807, 2.05) is 0 Å². The molecule has 0 aliphatic carbocycles. The highest BCUT2D eigenvalue weighted by Crippen LogP contribution is 2.26. The minimum absolute atomic E-state index is 0.00680. The Hall–Kier alpha value is -2.07. The number of hydrogen-bond acceptors (Lipinski definition) is 2. The molecule has 0 unspecified atom stereocenters. The summed E-state index contributed by atoms with van der Waals surface area (Å²) >= 11 is 6.04. The van der Waals surface area contributed by atoms with Crippen LogP contribution in [0.5, 0.6) is 0 Å². The zero-order chi connectivity index (χ0) is 13.4. The second kappa shape index (κ2) is 4.55. The molecule has 3 aromatic rings. The highest BCUT2D eigenvalue weighted by Gasteiger charge is 2.14. The molecule has 0 amide bonds. The molecule has 0 saturated heterocycles. The molecule has 0 atom stereocenters. The van der Waals surface area contributed by atoms with E-state index in [0.29, 0.717) is 10.9 Å². The fourth-order valence-corrected chi connectivity index (χ4v) is 2.07. The molecular weight excluding hydrogens is 270 g/mol. The smallest absolute Gasteiger partial charge is 0.169 e. The van der Waals surface area contributed by atoms with Gasteiger partial charge >= 0.3 is 0 Å².